The summed E-state index contributed by atoms with van der Waals surface area (Å²) in [6.07, 6.45) is 0. The van der Waals surface area contributed by atoms with E-state index in [1.807, 2.05) is 25.1 Å². The molecule has 2 rings (SSSR count). The summed E-state index contributed by atoms with van der Waals surface area (Å²) in [5.74, 6) is 0.791. The summed E-state index contributed by atoms with van der Waals surface area (Å²) in [6, 6.07) is 6.66. The molecule has 25 heavy (non-hydrogen) atoms. The molecule has 0 radical (unpaired) electrons. The number of rotatable bonds is 7. The van der Waals surface area contributed by atoms with Crippen molar-refractivity contribution in [1.29, 1.82) is 0 Å². The lowest BCUT2D eigenvalue weighted by atomic mass is 10.1. The van der Waals surface area contributed by atoms with Gasteiger partial charge < -0.3 is 9.47 Å². The quantitative estimate of drug-likeness (QED) is 0.643. The Morgan fingerprint density at radius 1 is 1.28 bits per heavy atom. The summed E-state index contributed by atoms with van der Waals surface area (Å²) in [5.41, 5.74) is 1.13. The highest BCUT2D eigenvalue weighted by molar-refractivity contribution is 9.10. The second-order valence-corrected chi connectivity index (χ2v) is 7.50. The number of halogens is 1. The number of carbonyl (C=O) groups is 1. The number of piperazine rings is 1. The molecule has 0 unspecified atom stereocenters. The monoisotopic (exact) mass is 412 g/mol. The lowest BCUT2D eigenvalue weighted by Gasteiger charge is -2.43. The summed E-state index contributed by atoms with van der Waals surface area (Å²) >= 11 is 3.53. The van der Waals surface area contributed by atoms with Crippen LogP contribution >= 0.6 is 15.9 Å². The highest BCUT2D eigenvalue weighted by atomic mass is 79.9. The molecule has 0 aromatic heterocycles. The molecule has 1 aromatic carbocycles. The molecule has 6 heteroatoms. The number of nitrogens with zero attached hydrogens (tertiary/aromatic N) is 2. The second kappa shape index (κ2) is 9.55. The third kappa shape index (κ3) is 5.69. The van der Waals surface area contributed by atoms with Crippen LogP contribution in [0, 0.1) is 6.92 Å². The first-order valence-corrected chi connectivity index (χ1v) is 9.73. The van der Waals surface area contributed by atoms with E-state index in [4.69, 9.17) is 9.47 Å². The van der Waals surface area contributed by atoms with Gasteiger partial charge in [0.25, 0.3) is 0 Å². The average molecular weight is 413 g/mol. The highest BCUT2D eigenvalue weighted by Crippen LogP contribution is 2.25. The van der Waals surface area contributed by atoms with Gasteiger partial charge in [-0.15, -0.1) is 0 Å². The first kappa shape index (κ1) is 20.2. The Bertz CT molecular complexity index is 570. The Balaban J connectivity index is 1.81. The van der Waals surface area contributed by atoms with Crippen molar-refractivity contribution >= 4 is 21.9 Å². The molecule has 1 aliphatic rings. The van der Waals surface area contributed by atoms with Gasteiger partial charge in [0.1, 0.15) is 12.4 Å². The van der Waals surface area contributed by atoms with Crippen LogP contribution in [0.3, 0.4) is 0 Å². The lowest BCUT2D eigenvalue weighted by Crippen LogP contribution is -2.58. The molecule has 5 nitrogen and oxygen atoms in total. The number of carbonyl (C=O) groups excluding carboxylic acids is 1. The fourth-order valence-electron chi connectivity index (χ4n) is 3.34. The van der Waals surface area contributed by atoms with Crippen LogP contribution in [0.5, 0.6) is 5.75 Å². The number of hydrogen-bond acceptors (Lipinski definition) is 5. The highest BCUT2D eigenvalue weighted by Gasteiger charge is 2.30. The molecule has 0 N–H and O–H groups in total. The summed E-state index contributed by atoms with van der Waals surface area (Å²) in [4.78, 5) is 16.4. The molecule has 2 atom stereocenters. The molecular weight excluding hydrogens is 384 g/mol. The topological polar surface area (TPSA) is 42.0 Å². The third-order valence-corrected chi connectivity index (χ3v) is 5.54. The maximum absolute atomic E-state index is 11.8. The van der Waals surface area contributed by atoms with E-state index in [1.54, 1.807) is 0 Å². The predicted octanol–water partition coefficient (Wildman–Crippen LogP) is 3.09. The summed E-state index contributed by atoms with van der Waals surface area (Å²) in [7, 11) is 0. The fourth-order valence-corrected chi connectivity index (χ4v) is 3.69. The summed E-state index contributed by atoms with van der Waals surface area (Å²) in [6.45, 7) is 12.5. The zero-order chi connectivity index (χ0) is 18.4. The molecule has 1 aromatic rings. The van der Waals surface area contributed by atoms with Crippen molar-refractivity contribution in [2.45, 2.75) is 39.8 Å². The Labute approximate surface area is 159 Å². The number of esters is 1. The van der Waals surface area contributed by atoms with E-state index in [0.717, 1.165) is 35.4 Å². The molecule has 0 amide bonds. The van der Waals surface area contributed by atoms with Gasteiger partial charge in [-0.25, -0.2) is 0 Å². The average Bonchev–Trinajstić information content (AvgIpc) is 2.55. The van der Waals surface area contributed by atoms with Crippen molar-refractivity contribution in [2.24, 2.45) is 0 Å². The van der Waals surface area contributed by atoms with Gasteiger partial charge in [-0.2, -0.15) is 0 Å². The Morgan fingerprint density at radius 2 is 1.96 bits per heavy atom. The minimum atomic E-state index is -0.136. The van der Waals surface area contributed by atoms with Gasteiger partial charge in [0.15, 0.2) is 0 Å². The molecule has 1 saturated heterocycles. The van der Waals surface area contributed by atoms with Crippen LogP contribution in [-0.2, 0) is 9.53 Å². The van der Waals surface area contributed by atoms with Crippen molar-refractivity contribution in [3.05, 3.63) is 28.2 Å². The predicted molar refractivity (Wildman–Crippen MR) is 103 cm³/mol. The first-order chi connectivity index (χ1) is 11.9. The molecular formula is C19H29BrN2O3. The van der Waals surface area contributed by atoms with Crippen molar-refractivity contribution in [3.8, 4) is 5.75 Å². The Hall–Kier alpha value is -1.11. The van der Waals surface area contributed by atoms with Crippen molar-refractivity contribution in [1.82, 2.24) is 9.80 Å². The van der Waals surface area contributed by atoms with Gasteiger partial charge in [-0.05, 0) is 39.8 Å². The van der Waals surface area contributed by atoms with Gasteiger partial charge >= 0.3 is 5.97 Å². The summed E-state index contributed by atoms with van der Waals surface area (Å²) < 4.78 is 12.1. The molecule has 0 spiro atoms. The van der Waals surface area contributed by atoms with Crippen LogP contribution < -0.4 is 4.74 Å². The van der Waals surface area contributed by atoms with Crippen LogP contribution in [0.15, 0.2) is 22.7 Å². The third-order valence-electron chi connectivity index (χ3n) is 4.68. The lowest BCUT2D eigenvalue weighted by molar-refractivity contribution is -0.146. The van der Waals surface area contributed by atoms with E-state index >= 15 is 0 Å². The first-order valence-electron chi connectivity index (χ1n) is 8.94. The normalized spacial score (nSPS) is 22.0. The van der Waals surface area contributed by atoms with E-state index in [0.29, 0.717) is 31.8 Å². The molecule has 1 aliphatic heterocycles. The van der Waals surface area contributed by atoms with Gasteiger partial charge in [0.2, 0.25) is 0 Å². The largest absolute Gasteiger partial charge is 0.492 e. The molecule has 0 aliphatic carbocycles. The minimum Gasteiger partial charge on any atom is -0.492 e. The Kier molecular flexibility index (Phi) is 7.72. The van der Waals surface area contributed by atoms with Crippen LogP contribution in [0.25, 0.3) is 0 Å². The standard InChI is InChI=1S/C19H29BrN2O3/c1-5-24-19(23)13-22-14(2)11-21(12-15(22)3)9-10-25-18-8-6-7-17(20)16(18)4/h6-8,14-15H,5,9-13H2,1-4H3/t14-,15+. The van der Waals surface area contributed by atoms with Crippen molar-refractivity contribution in [2.75, 3.05) is 39.4 Å². The van der Waals surface area contributed by atoms with Gasteiger partial charge in [0.05, 0.1) is 13.2 Å². The van der Waals surface area contributed by atoms with Crippen molar-refractivity contribution in [3.63, 3.8) is 0 Å². The van der Waals surface area contributed by atoms with Crippen LogP contribution in [0.4, 0.5) is 0 Å². The molecule has 140 valence electrons. The summed E-state index contributed by atoms with van der Waals surface area (Å²) in [5, 5.41) is 0. The van der Waals surface area contributed by atoms with E-state index in [-0.39, 0.29) is 5.97 Å². The van der Waals surface area contributed by atoms with E-state index < -0.39 is 0 Å². The van der Waals surface area contributed by atoms with Crippen LogP contribution in [-0.4, -0.2) is 67.2 Å². The molecule has 1 fully saturated rings. The maximum atomic E-state index is 11.8. The SMILES string of the molecule is CCOC(=O)CN1[C@H](C)CN(CCOc2cccc(Br)c2C)C[C@@H]1C. The molecule has 1 heterocycles. The van der Waals surface area contributed by atoms with E-state index in [9.17, 15) is 4.79 Å². The Morgan fingerprint density at radius 3 is 2.60 bits per heavy atom. The van der Waals surface area contributed by atoms with Crippen LogP contribution in [0.2, 0.25) is 0 Å². The van der Waals surface area contributed by atoms with E-state index in [2.05, 4.69) is 46.5 Å². The zero-order valence-electron chi connectivity index (χ0n) is 15.6. The van der Waals surface area contributed by atoms with Gasteiger partial charge in [-0.3, -0.25) is 14.6 Å². The molecule has 0 saturated carbocycles. The number of hydrogen-bond donors (Lipinski definition) is 0. The smallest absolute Gasteiger partial charge is 0.320 e. The van der Waals surface area contributed by atoms with Gasteiger partial charge in [-0.1, -0.05) is 22.0 Å². The number of ether oxygens (including phenoxy) is 2. The minimum absolute atomic E-state index is 0.136. The fraction of sp³-hybridized carbons (Fsp3) is 0.632. The second-order valence-electron chi connectivity index (χ2n) is 6.65. The maximum Gasteiger partial charge on any atom is 0.320 e. The zero-order valence-corrected chi connectivity index (χ0v) is 17.2. The number of benzene rings is 1. The molecule has 0 bridgehead atoms. The van der Waals surface area contributed by atoms with Crippen molar-refractivity contribution < 1.29 is 14.3 Å². The van der Waals surface area contributed by atoms with E-state index in [1.165, 1.54) is 0 Å². The van der Waals surface area contributed by atoms with Gasteiger partial charge in [0, 0.05) is 41.8 Å². The van der Waals surface area contributed by atoms with Crippen LogP contribution in [0.1, 0.15) is 26.3 Å².